The molecule has 6 nitrogen and oxygen atoms in total. The van der Waals surface area contributed by atoms with Gasteiger partial charge in [-0.15, -0.1) is 0 Å². The van der Waals surface area contributed by atoms with Crippen molar-refractivity contribution in [1.29, 1.82) is 0 Å². The van der Waals surface area contributed by atoms with E-state index in [2.05, 4.69) is 0 Å². The van der Waals surface area contributed by atoms with Gasteiger partial charge in [0.05, 0.1) is 32.0 Å². The normalized spacial score (nSPS) is 15.0. The third-order valence-corrected chi connectivity index (χ3v) is 5.37. The number of amides is 1. The van der Waals surface area contributed by atoms with Gasteiger partial charge >= 0.3 is 5.97 Å². The van der Waals surface area contributed by atoms with Crippen LogP contribution in [-0.4, -0.2) is 32.7 Å². The van der Waals surface area contributed by atoms with Crippen molar-refractivity contribution >= 4 is 23.6 Å². The highest BCUT2D eigenvalue weighted by Crippen LogP contribution is 2.37. The van der Waals surface area contributed by atoms with E-state index < -0.39 is 5.97 Å². The summed E-state index contributed by atoms with van der Waals surface area (Å²) in [5.74, 6) is 0.343. The van der Waals surface area contributed by atoms with Crippen LogP contribution in [0.25, 0.3) is 6.08 Å². The fraction of sp³-hybridized carbons (Fsp3) is 0.280. The lowest BCUT2D eigenvalue weighted by Gasteiger charge is -2.19. The minimum Gasteiger partial charge on any atom is -0.497 e. The van der Waals surface area contributed by atoms with Crippen LogP contribution in [0.5, 0.6) is 11.5 Å². The molecule has 0 aliphatic carbocycles. The molecule has 0 fully saturated rings. The lowest BCUT2D eigenvalue weighted by molar-refractivity contribution is -0.138. The predicted molar refractivity (Wildman–Crippen MR) is 120 cm³/mol. The minimum atomic E-state index is -0.534. The zero-order valence-electron chi connectivity index (χ0n) is 18.7. The number of ether oxygens (including phenoxy) is 3. The van der Waals surface area contributed by atoms with Crippen LogP contribution in [0.4, 0.5) is 5.69 Å². The summed E-state index contributed by atoms with van der Waals surface area (Å²) >= 11 is 0. The highest BCUT2D eigenvalue weighted by Gasteiger charge is 2.38. The fourth-order valence-corrected chi connectivity index (χ4v) is 3.56. The molecule has 0 unspecified atom stereocenters. The van der Waals surface area contributed by atoms with Crippen molar-refractivity contribution in [2.24, 2.45) is 0 Å². The quantitative estimate of drug-likeness (QED) is 0.504. The van der Waals surface area contributed by atoms with Gasteiger partial charge in [0.1, 0.15) is 11.5 Å². The third kappa shape index (κ3) is 4.19. The number of methoxy groups -OCH3 is 2. The number of esters is 1. The molecule has 2 aromatic rings. The van der Waals surface area contributed by atoms with Crippen molar-refractivity contribution in [3.63, 3.8) is 0 Å². The summed E-state index contributed by atoms with van der Waals surface area (Å²) in [6, 6.07) is 11.1. The van der Waals surface area contributed by atoms with E-state index in [1.807, 2.05) is 32.0 Å². The average molecular weight is 421 g/mol. The van der Waals surface area contributed by atoms with Gasteiger partial charge in [0.25, 0.3) is 5.91 Å². The Hall–Kier alpha value is -3.54. The van der Waals surface area contributed by atoms with Crippen LogP contribution in [-0.2, 0) is 14.3 Å². The highest BCUT2D eigenvalue weighted by atomic mass is 16.5. The topological polar surface area (TPSA) is 65.1 Å². The number of allylic oxidation sites excluding steroid dienone is 1. The second-order valence-electron chi connectivity index (χ2n) is 7.26. The van der Waals surface area contributed by atoms with Gasteiger partial charge < -0.3 is 14.2 Å². The molecule has 6 heteroatoms. The summed E-state index contributed by atoms with van der Waals surface area (Å²) in [4.78, 5) is 27.9. The Labute approximate surface area is 182 Å². The summed E-state index contributed by atoms with van der Waals surface area (Å²) in [6.45, 7) is 7.70. The van der Waals surface area contributed by atoms with Crippen molar-refractivity contribution in [1.82, 2.24) is 0 Å². The predicted octanol–water partition coefficient (Wildman–Crippen LogP) is 4.59. The van der Waals surface area contributed by atoms with E-state index in [4.69, 9.17) is 14.2 Å². The van der Waals surface area contributed by atoms with Crippen molar-refractivity contribution in [2.45, 2.75) is 27.7 Å². The van der Waals surface area contributed by atoms with Crippen LogP contribution in [0.1, 0.15) is 30.5 Å². The van der Waals surface area contributed by atoms with Crippen molar-refractivity contribution in [2.75, 3.05) is 25.7 Å². The molecule has 162 valence electrons. The molecule has 1 aliphatic rings. The lowest BCUT2D eigenvalue weighted by atomic mass is 10.0. The molecule has 0 atom stereocenters. The molecule has 0 saturated carbocycles. The molecular formula is C25H27NO5. The SMILES string of the molecule is CCOC(=O)C1=C(C)N(c2ccc(C)c(C)c2)C(=O)/C1=C/c1cc(OC)ccc1OC. The van der Waals surface area contributed by atoms with Crippen molar-refractivity contribution < 1.29 is 23.8 Å². The third-order valence-electron chi connectivity index (χ3n) is 5.37. The van der Waals surface area contributed by atoms with E-state index in [0.717, 1.165) is 11.1 Å². The van der Waals surface area contributed by atoms with Gasteiger partial charge in [-0.3, -0.25) is 9.69 Å². The maximum absolute atomic E-state index is 13.5. The van der Waals surface area contributed by atoms with E-state index in [1.165, 1.54) is 0 Å². The van der Waals surface area contributed by atoms with Crippen LogP contribution >= 0.6 is 0 Å². The largest absolute Gasteiger partial charge is 0.497 e. The molecule has 1 amide bonds. The number of hydrogen-bond acceptors (Lipinski definition) is 5. The zero-order valence-corrected chi connectivity index (χ0v) is 18.7. The monoisotopic (exact) mass is 421 g/mol. The lowest BCUT2D eigenvalue weighted by Crippen LogP contribution is -2.24. The van der Waals surface area contributed by atoms with Gasteiger partial charge in [-0.1, -0.05) is 6.07 Å². The van der Waals surface area contributed by atoms with Gasteiger partial charge in [0.2, 0.25) is 0 Å². The molecule has 3 rings (SSSR count). The van der Waals surface area contributed by atoms with Crippen LogP contribution in [0.3, 0.4) is 0 Å². The number of hydrogen-bond donors (Lipinski definition) is 0. The summed E-state index contributed by atoms with van der Waals surface area (Å²) in [7, 11) is 3.12. The first-order valence-corrected chi connectivity index (χ1v) is 10.1. The molecule has 0 bridgehead atoms. The summed E-state index contributed by atoms with van der Waals surface area (Å²) in [5.41, 5.74) is 4.54. The van der Waals surface area contributed by atoms with E-state index in [0.29, 0.717) is 28.4 Å². The average Bonchev–Trinajstić information content (AvgIpc) is 2.99. The number of carbonyl (C=O) groups is 2. The van der Waals surface area contributed by atoms with Gasteiger partial charge in [-0.2, -0.15) is 0 Å². The Morgan fingerprint density at radius 1 is 1.00 bits per heavy atom. The molecular weight excluding hydrogens is 394 g/mol. The van der Waals surface area contributed by atoms with Crippen LogP contribution in [0, 0.1) is 13.8 Å². The van der Waals surface area contributed by atoms with E-state index in [9.17, 15) is 9.59 Å². The van der Waals surface area contributed by atoms with Gasteiger partial charge in [-0.05, 0) is 75.2 Å². The van der Waals surface area contributed by atoms with Gasteiger partial charge in [-0.25, -0.2) is 4.79 Å². The Bertz CT molecular complexity index is 1100. The Morgan fingerprint density at radius 2 is 1.74 bits per heavy atom. The fourth-order valence-electron chi connectivity index (χ4n) is 3.56. The standard InChI is InChI=1S/C25H27NO5/c1-7-31-25(28)23-17(4)26(19-9-8-15(2)16(3)12-19)24(27)21(23)14-18-13-20(29-5)10-11-22(18)30-6/h8-14H,7H2,1-6H3/b21-14+. The Kier molecular flexibility index (Phi) is 6.49. The maximum Gasteiger partial charge on any atom is 0.340 e. The first kappa shape index (κ1) is 22.2. The number of anilines is 1. The van der Waals surface area contributed by atoms with Crippen LogP contribution < -0.4 is 14.4 Å². The molecule has 0 N–H and O–H groups in total. The molecule has 0 radical (unpaired) electrons. The number of rotatable bonds is 6. The number of carbonyl (C=O) groups excluding carboxylic acids is 2. The maximum atomic E-state index is 13.5. The Balaban J connectivity index is 2.19. The van der Waals surface area contributed by atoms with E-state index in [-0.39, 0.29) is 23.7 Å². The summed E-state index contributed by atoms with van der Waals surface area (Å²) < 4.78 is 16.0. The van der Waals surface area contributed by atoms with E-state index >= 15 is 0 Å². The van der Waals surface area contributed by atoms with E-state index in [1.54, 1.807) is 57.2 Å². The zero-order chi connectivity index (χ0) is 22.7. The second-order valence-corrected chi connectivity index (χ2v) is 7.26. The first-order chi connectivity index (χ1) is 14.8. The smallest absolute Gasteiger partial charge is 0.340 e. The Morgan fingerprint density at radius 3 is 2.35 bits per heavy atom. The number of aryl methyl sites for hydroxylation is 2. The number of benzene rings is 2. The number of nitrogens with zero attached hydrogens (tertiary/aromatic N) is 1. The molecule has 1 heterocycles. The van der Waals surface area contributed by atoms with Crippen LogP contribution in [0.15, 0.2) is 53.2 Å². The molecule has 0 saturated heterocycles. The summed E-state index contributed by atoms with van der Waals surface area (Å²) in [6.07, 6.45) is 1.65. The van der Waals surface area contributed by atoms with Gasteiger partial charge in [0.15, 0.2) is 0 Å². The van der Waals surface area contributed by atoms with Crippen molar-refractivity contribution in [3.8, 4) is 11.5 Å². The van der Waals surface area contributed by atoms with Gasteiger partial charge in [0, 0.05) is 16.9 Å². The first-order valence-electron chi connectivity index (χ1n) is 10.1. The molecule has 2 aromatic carbocycles. The second kappa shape index (κ2) is 9.08. The molecule has 0 aromatic heterocycles. The molecule has 0 spiro atoms. The van der Waals surface area contributed by atoms with Crippen LogP contribution in [0.2, 0.25) is 0 Å². The minimum absolute atomic E-state index is 0.212. The summed E-state index contributed by atoms with van der Waals surface area (Å²) in [5, 5.41) is 0. The molecule has 1 aliphatic heterocycles. The molecule has 31 heavy (non-hydrogen) atoms. The van der Waals surface area contributed by atoms with Crippen molar-refractivity contribution in [3.05, 3.63) is 69.9 Å². The highest BCUT2D eigenvalue weighted by molar-refractivity contribution is 6.24.